The lowest BCUT2D eigenvalue weighted by Gasteiger charge is -2.20. The van der Waals surface area contributed by atoms with Crippen LogP contribution >= 0.6 is 11.6 Å². The van der Waals surface area contributed by atoms with Crippen LogP contribution in [0.15, 0.2) is 79.0 Å². The number of aromatic nitrogens is 1. The van der Waals surface area contributed by atoms with Gasteiger partial charge in [-0.2, -0.15) is 0 Å². The predicted octanol–water partition coefficient (Wildman–Crippen LogP) is 3.42. The normalized spacial score (nSPS) is 12.0. The van der Waals surface area contributed by atoms with Crippen LogP contribution in [-0.4, -0.2) is 16.9 Å². The maximum Gasteiger partial charge on any atom is 0.282 e. The largest absolute Gasteiger partial charge is 0.326 e. The Morgan fingerprint density at radius 1 is 0.962 bits per heavy atom. The molecule has 0 bridgehead atoms. The fourth-order valence-corrected chi connectivity index (χ4v) is 3.00. The molecule has 1 aromatic heterocycles. The Morgan fingerprint density at radius 2 is 1.54 bits per heavy atom. The average molecular weight is 367 g/mol. The summed E-state index contributed by atoms with van der Waals surface area (Å²) >= 11 is 6.03. The SMILES string of the molecule is C[C@H]([NH2+]C(c1ccccc1)c1ccccc1)C(=O)Nc1cccnc1Cl. The number of nitrogens with two attached hydrogens (primary N) is 1. The van der Waals surface area contributed by atoms with Crippen LogP contribution in [0.1, 0.15) is 24.1 Å². The monoisotopic (exact) mass is 366 g/mol. The summed E-state index contributed by atoms with van der Waals surface area (Å²) in [5, 5.41) is 5.20. The van der Waals surface area contributed by atoms with E-state index in [0.29, 0.717) is 5.69 Å². The number of pyridine rings is 1. The Balaban J connectivity index is 1.78. The van der Waals surface area contributed by atoms with Crippen molar-refractivity contribution in [2.45, 2.75) is 19.0 Å². The minimum Gasteiger partial charge on any atom is -0.326 e. The molecular formula is C21H21ClN3O+. The fraction of sp³-hybridized carbons (Fsp3) is 0.143. The van der Waals surface area contributed by atoms with E-state index in [4.69, 9.17) is 11.6 Å². The number of quaternary nitrogens is 1. The number of anilines is 1. The van der Waals surface area contributed by atoms with Gasteiger partial charge in [0.05, 0.1) is 5.69 Å². The Morgan fingerprint density at radius 3 is 2.08 bits per heavy atom. The van der Waals surface area contributed by atoms with Crippen LogP contribution in [-0.2, 0) is 4.79 Å². The van der Waals surface area contributed by atoms with Crippen molar-refractivity contribution in [1.29, 1.82) is 0 Å². The van der Waals surface area contributed by atoms with Gasteiger partial charge in [-0.05, 0) is 19.1 Å². The highest BCUT2D eigenvalue weighted by Gasteiger charge is 2.25. The number of halogens is 1. The zero-order valence-corrected chi connectivity index (χ0v) is 15.2. The van der Waals surface area contributed by atoms with E-state index in [1.807, 2.05) is 43.3 Å². The van der Waals surface area contributed by atoms with Gasteiger partial charge in [-0.25, -0.2) is 4.98 Å². The standard InChI is InChI=1S/C21H20ClN3O/c1-15(21(26)25-18-13-8-14-23-20(18)22)24-19(16-9-4-2-5-10-16)17-11-6-3-7-12-17/h2-15,19,24H,1H3,(H,25,26)/p+1/t15-/m0/s1. The van der Waals surface area contributed by atoms with Crippen molar-refractivity contribution < 1.29 is 10.1 Å². The molecule has 5 heteroatoms. The molecule has 0 unspecified atom stereocenters. The molecule has 0 radical (unpaired) electrons. The molecule has 0 aliphatic heterocycles. The van der Waals surface area contributed by atoms with Crippen LogP contribution in [0.25, 0.3) is 0 Å². The molecule has 1 amide bonds. The molecule has 3 N–H and O–H groups in total. The zero-order valence-electron chi connectivity index (χ0n) is 14.5. The van der Waals surface area contributed by atoms with Gasteiger partial charge in [-0.15, -0.1) is 0 Å². The number of hydrogen-bond donors (Lipinski definition) is 2. The van der Waals surface area contributed by atoms with E-state index in [2.05, 4.69) is 39.9 Å². The summed E-state index contributed by atoms with van der Waals surface area (Å²) in [5.41, 5.74) is 2.82. The smallest absolute Gasteiger partial charge is 0.282 e. The maximum atomic E-state index is 12.6. The third-order valence-electron chi connectivity index (χ3n) is 4.23. The number of hydrogen-bond acceptors (Lipinski definition) is 2. The quantitative estimate of drug-likeness (QED) is 0.657. The third kappa shape index (κ3) is 4.48. The Bertz CT molecular complexity index is 816. The summed E-state index contributed by atoms with van der Waals surface area (Å²) in [6.07, 6.45) is 1.59. The first-order valence-corrected chi connectivity index (χ1v) is 8.89. The molecule has 2 aromatic carbocycles. The van der Waals surface area contributed by atoms with Crippen molar-refractivity contribution in [3.05, 3.63) is 95.3 Å². The van der Waals surface area contributed by atoms with E-state index in [1.165, 1.54) is 0 Å². The number of benzene rings is 2. The third-order valence-corrected chi connectivity index (χ3v) is 4.53. The topological polar surface area (TPSA) is 58.6 Å². The highest BCUT2D eigenvalue weighted by atomic mass is 35.5. The molecule has 26 heavy (non-hydrogen) atoms. The minimum atomic E-state index is -0.309. The highest BCUT2D eigenvalue weighted by Crippen LogP contribution is 2.19. The first kappa shape index (κ1) is 18.1. The molecule has 4 nitrogen and oxygen atoms in total. The summed E-state index contributed by atoms with van der Waals surface area (Å²) in [6, 6.07) is 23.6. The first-order chi connectivity index (χ1) is 12.6. The van der Waals surface area contributed by atoms with E-state index in [0.717, 1.165) is 11.1 Å². The van der Waals surface area contributed by atoms with Gasteiger partial charge in [0.15, 0.2) is 11.2 Å². The Hall–Kier alpha value is -2.69. The number of carbonyl (C=O) groups excluding carboxylic acids is 1. The van der Waals surface area contributed by atoms with Crippen molar-refractivity contribution in [2.75, 3.05) is 5.32 Å². The number of amides is 1. The van der Waals surface area contributed by atoms with Crippen LogP contribution in [0.2, 0.25) is 5.15 Å². The number of carbonyl (C=O) groups is 1. The van der Waals surface area contributed by atoms with Gasteiger partial charge in [-0.3, -0.25) is 4.79 Å². The summed E-state index contributed by atoms with van der Waals surface area (Å²) in [4.78, 5) is 16.6. The van der Waals surface area contributed by atoms with E-state index >= 15 is 0 Å². The van der Waals surface area contributed by atoms with Crippen LogP contribution in [0, 0.1) is 0 Å². The van der Waals surface area contributed by atoms with Gasteiger partial charge in [0.2, 0.25) is 0 Å². The first-order valence-electron chi connectivity index (χ1n) is 8.51. The molecule has 0 fully saturated rings. The molecule has 0 saturated carbocycles. The van der Waals surface area contributed by atoms with E-state index in [9.17, 15) is 4.79 Å². The number of nitrogens with one attached hydrogen (secondary N) is 1. The molecule has 1 atom stereocenters. The highest BCUT2D eigenvalue weighted by molar-refractivity contribution is 6.32. The summed E-state index contributed by atoms with van der Waals surface area (Å²) < 4.78 is 0. The van der Waals surface area contributed by atoms with E-state index in [-0.39, 0.29) is 23.1 Å². The average Bonchev–Trinajstić information content (AvgIpc) is 2.69. The summed E-state index contributed by atoms with van der Waals surface area (Å²) in [7, 11) is 0. The maximum absolute atomic E-state index is 12.6. The van der Waals surface area contributed by atoms with Crippen LogP contribution in [0.4, 0.5) is 5.69 Å². The molecule has 0 spiro atoms. The molecule has 1 heterocycles. The van der Waals surface area contributed by atoms with E-state index in [1.54, 1.807) is 18.3 Å². The summed E-state index contributed by atoms with van der Waals surface area (Å²) in [5.74, 6) is -0.114. The number of nitrogens with zero attached hydrogens (tertiary/aromatic N) is 1. The zero-order chi connectivity index (χ0) is 18.4. The van der Waals surface area contributed by atoms with Gasteiger partial charge in [-0.1, -0.05) is 72.3 Å². The molecule has 3 aromatic rings. The van der Waals surface area contributed by atoms with Crippen molar-refractivity contribution >= 4 is 23.2 Å². The lowest BCUT2D eigenvalue weighted by Crippen LogP contribution is -2.92. The molecule has 0 saturated heterocycles. The Labute approximate surface area is 158 Å². The van der Waals surface area contributed by atoms with Crippen molar-refractivity contribution in [3.8, 4) is 0 Å². The minimum absolute atomic E-state index is 0.0301. The second-order valence-corrected chi connectivity index (χ2v) is 6.47. The second-order valence-electron chi connectivity index (χ2n) is 6.11. The van der Waals surface area contributed by atoms with E-state index < -0.39 is 0 Å². The fourth-order valence-electron chi connectivity index (χ4n) is 2.84. The molecule has 3 rings (SSSR count). The number of rotatable bonds is 6. The molecule has 132 valence electrons. The second kappa shape index (κ2) is 8.61. The van der Waals surface area contributed by atoms with Crippen LogP contribution in [0.3, 0.4) is 0 Å². The van der Waals surface area contributed by atoms with Gasteiger partial charge >= 0.3 is 0 Å². The molecular weight excluding hydrogens is 346 g/mol. The predicted molar refractivity (Wildman–Crippen MR) is 104 cm³/mol. The van der Waals surface area contributed by atoms with Crippen molar-refractivity contribution in [3.63, 3.8) is 0 Å². The van der Waals surface area contributed by atoms with Gasteiger partial charge in [0.25, 0.3) is 5.91 Å². The van der Waals surface area contributed by atoms with Gasteiger partial charge < -0.3 is 10.6 Å². The lowest BCUT2D eigenvalue weighted by molar-refractivity contribution is -0.704. The Kier molecular flexibility index (Phi) is 6.00. The molecule has 0 aliphatic carbocycles. The molecule has 0 aliphatic rings. The van der Waals surface area contributed by atoms with Crippen LogP contribution in [0.5, 0.6) is 0 Å². The van der Waals surface area contributed by atoms with Crippen molar-refractivity contribution in [1.82, 2.24) is 4.98 Å². The lowest BCUT2D eigenvalue weighted by atomic mass is 9.98. The van der Waals surface area contributed by atoms with Crippen molar-refractivity contribution in [2.24, 2.45) is 0 Å². The van der Waals surface area contributed by atoms with Gasteiger partial charge in [0.1, 0.15) is 6.04 Å². The van der Waals surface area contributed by atoms with Crippen LogP contribution < -0.4 is 10.6 Å². The summed E-state index contributed by atoms with van der Waals surface area (Å²) in [6.45, 7) is 1.89. The van der Waals surface area contributed by atoms with Gasteiger partial charge in [0, 0.05) is 17.3 Å².